The van der Waals surface area contributed by atoms with E-state index in [1.54, 1.807) is 0 Å². The highest BCUT2D eigenvalue weighted by molar-refractivity contribution is 5.60. The van der Waals surface area contributed by atoms with Crippen LogP contribution in [0.25, 0.3) is 0 Å². The van der Waals surface area contributed by atoms with Gasteiger partial charge in [0.1, 0.15) is 18.3 Å². The number of aliphatic hydroxyl groups is 1. The van der Waals surface area contributed by atoms with E-state index in [9.17, 15) is 14.7 Å². The molecule has 7 nitrogen and oxygen atoms in total. The van der Waals surface area contributed by atoms with E-state index in [1.165, 1.54) is 0 Å². The van der Waals surface area contributed by atoms with Crippen molar-refractivity contribution in [3.8, 4) is 0 Å². The average molecular weight is 384 g/mol. The molecule has 0 aromatic carbocycles. The molecular formula is C20H32O7. The third-order valence-electron chi connectivity index (χ3n) is 6.48. The molecule has 154 valence electrons. The molecule has 0 spiro atoms. The van der Waals surface area contributed by atoms with Crippen LogP contribution in [0.1, 0.15) is 77.0 Å². The molecule has 0 aromatic rings. The molecule has 0 heterocycles. The molecule has 0 radical (unpaired) electrons. The minimum absolute atomic E-state index is 0.145. The summed E-state index contributed by atoms with van der Waals surface area (Å²) in [5.74, 6) is 0.499. The Morgan fingerprint density at radius 3 is 1.89 bits per heavy atom. The highest BCUT2D eigenvalue weighted by atomic mass is 16.7. The Kier molecular flexibility index (Phi) is 7.21. The number of carbonyl (C=O) groups is 2. The molecule has 4 atom stereocenters. The molecule has 3 saturated carbocycles. The molecule has 7 heteroatoms. The predicted octanol–water partition coefficient (Wildman–Crippen LogP) is 4.26. The summed E-state index contributed by atoms with van der Waals surface area (Å²) >= 11 is 0. The van der Waals surface area contributed by atoms with Gasteiger partial charge in [-0.15, -0.1) is 0 Å². The zero-order valence-electron chi connectivity index (χ0n) is 15.9. The van der Waals surface area contributed by atoms with Crippen molar-refractivity contribution in [3.63, 3.8) is 0 Å². The van der Waals surface area contributed by atoms with Crippen LogP contribution in [-0.2, 0) is 14.2 Å². The fraction of sp³-hybridized carbons (Fsp3) is 0.900. The first kappa shape index (κ1) is 20.2. The van der Waals surface area contributed by atoms with Gasteiger partial charge in [-0.25, -0.2) is 9.59 Å². The number of aliphatic hydroxyl groups excluding tert-OH is 1. The number of hydrogen-bond acceptors (Lipinski definition) is 6. The van der Waals surface area contributed by atoms with Crippen LogP contribution in [0.15, 0.2) is 0 Å². The molecule has 0 amide bonds. The molecular weight excluding hydrogens is 352 g/mol. The fourth-order valence-electron chi connectivity index (χ4n) is 5.14. The summed E-state index contributed by atoms with van der Waals surface area (Å²) in [5, 5.41) is 19.0. The van der Waals surface area contributed by atoms with Crippen molar-refractivity contribution in [1.29, 1.82) is 0 Å². The third-order valence-corrected chi connectivity index (χ3v) is 6.48. The van der Waals surface area contributed by atoms with Gasteiger partial charge < -0.3 is 24.4 Å². The summed E-state index contributed by atoms with van der Waals surface area (Å²) in [7, 11) is 0. The van der Waals surface area contributed by atoms with Crippen LogP contribution in [0, 0.1) is 11.8 Å². The molecule has 3 aliphatic carbocycles. The first-order valence-electron chi connectivity index (χ1n) is 10.5. The van der Waals surface area contributed by atoms with E-state index in [2.05, 4.69) is 0 Å². The summed E-state index contributed by atoms with van der Waals surface area (Å²) in [5.41, 5.74) is 0. The van der Waals surface area contributed by atoms with Gasteiger partial charge in [-0.05, 0) is 70.1 Å². The SMILES string of the molecule is O=C(O)OC1CCCC(OC(=O)OC2CCC(O)C3CCCCC23)CCC1. The molecule has 0 bridgehead atoms. The first-order valence-corrected chi connectivity index (χ1v) is 10.5. The van der Waals surface area contributed by atoms with Crippen LogP contribution < -0.4 is 0 Å². The van der Waals surface area contributed by atoms with E-state index in [-0.39, 0.29) is 36.3 Å². The van der Waals surface area contributed by atoms with Crippen molar-refractivity contribution in [3.05, 3.63) is 0 Å². The number of carbonyl (C=O) groups excluding carboxylic acids is 1. The topological polar surface area (TPSA) is 102 Å². The number of carboxylic acid groups (broad SMARTS) is 1. The number of rotatable bonds is 3. The van der Waals surface area contributed by atoms with Gasteiger partial charge in [-0.1, -0.05) is 12.8 Å². The minimum Gasteiger partial charge on any atom is -0.450 e. The Bertz CT molecular complexity index is 499. The van der Waals surface area contributed by atoms with E-state index in [4.69, 9.17) is 19.3 Å². The first-order chi connectivity index (χ1) is 13.0. The van der Waals surface area contributed by atoms with Gasteiger partial charge in [-0.3, -0.25) is 0 Å². The van der Waals surface area contributed by atoms with Crippen LogP contribution in [0.5, 0.6) is 0 Å². The summed E-state index contributed by atoms with van der Waals surface area (Å²) in [6, 6.07) is 0. The normalized spacial score (nSPS) is 37.2. The Balaban J connectivity index is 1.44. The standard InChI is InChI=1S/C20H32O7/c21-17-11-12-18(16-10-2-1-9-15(16)17)27-20(24)26-14-7-3-5-13(6-4-8-14)25-19(22)23/h13-18,21H,1-12H2,(H,22,23). The maximum Gasteiger partial charge on any atom is 0.508 e. The lowest BCUT2D eigenvalue weighted by atomic mass is 9.68. The van der Waals surface area contributed by atoms with Crippen LogP contribution in [0.4, 0.5) is 9.59 Å². The summed E-state index contributed by atoms with van der Waals surface area (Å²) < 4.78 is 16.1. The Labute approximate surface area is 160 Å². The number of hydrogen-bond donors (Lipinski definition) is 2. The molecule has 0 aromatic heterocycles. The maximum absolute atomic E-state index is 12.3. The molecule has 27 heavy (non-hydrogen) atoms. The second-order valence-corrected chi connectivity index (χ2v) is 8.27. The van der Waals surface area contributed by atoms with Gasteiger partial charge in [0.15, 0.2) is 0 Å². The van der Waals surface area contributed by atoms with Crippen LogP contribution >= 0.6 is 0 Å². The Morgan fingerprint density at radius 1 is 0.667 bits per heavy atom. The molecule has 3 fully saturated rings. The second-order valence-electron chi connectivity index (χ2n) is 8.27. The van der Waals surface area contributed by atoms with Gasteiger partial charge in [0.05, 0.1) is 6.10 Å². The minimum atomic E-state index is -1.23. The number of ether oxygens (including phenoxy) is 3. The van der Waals surface area contributed by atoms with Crippen molar-refractivity contribution in [2.75, 3.05) is 0 Å². The van der Waals surface area contributed by atoms with E-state index < -0.39 is 12.3 Å². The average Bonchev–Trinajstić information content (AvgIpc) is 2.61. The summed E-state index contributed by atoms with van der Waals surface area (Å²) in [6.07, 6.45) is 7.26. The zero-order chi connectivity index (χ0) is 19.2. The highest BCUT2D eigenvalue weighted by Crippen LogP contribution is 2.42. The van der Waals surface area contributed by atoms with Crippen LogP contribution in [-0.4, -0.2) is 46.9 Å². The van der Waals surface area contributed by atoms with Crippen molar-refractivity contribution >= 4 is 12.3 Å². The van der Waals surface area contributed by atoms with Gasteiger partial charge in [0.25, 0.3) is 0 Å². The molecule has 3 rings (SSSR count). The number of fused-ring (bicyclic) bond motifs is 1. The molecule has 3 aliphatic rings. The summed E-state index contributed by atoms with van der Waals surface area (Å²) in [4.78, 5) is 23.0. The highest BCUT2D eigenvalue weighted by Gasteiger charge is 2.42. The van der Waals surface area contributed by atoms with E-state index in [0.29, 0.717) is 38.5 Å². The monoisotopic (exact) mass is 384 g/mol. The van der Waals surface area contributed by atoms with Crippen molar-refractivity contribution in [2.45, 2.75) is 101 Å². The van der Waals surface area contributed by atoms with E-state index in [1.807, 2.05) is 0 Å². The second kappa shape index (κ2) is 9.62. The van der Waals surface area contributed by atoms with Gasteiger partial charge in [-0.2, -0.15) is 0 Å². The quantitative estimate of drug-likeness (QED) is 0.701. The van der Waals surface area contributed by atoms with Crippen LogP contribution in [0.3, 0.4) is 0 Å². The molecule has 2 N–H and O–H groups in total. The van der Waals surface area contributed by atoms with Crippen molar-refractivity contribution in [2.24, 2.45) is 11.8 Å². The van der Waals surface area contributed by atoms with Crippen molar-refractivity contribution in [1.82, 2.24) is 0 Å². The van der Waals surface area contributed by atoms with E-state index >= 15 is 0 Å². The van der Waals surface area contributed by atoms with Gasteiger partial charge in [0.2, 0.25) is 0 Å². The fourth-order valence-corrected chi connectivity index (χ4v) is 5.14. The lowest BCUT2D eigenvalue weighted by Crippen LogP contribution is -2.44. The Hall–Kier alpha value is -1.50. The molecule has 4 unspecified atom stereocenters. The molecule has 0 saturated heterocycles. The largest absolute Gasteiger partial charge is 0.508 e. The maximum atomic E-state index is 12.3. The smallest absolute Gasteiger partial charge is 0.450 e. The Morgan fingerprint density at radius 2 is 1.26 bits per heavy atom. The van der Waals surface area contributed by atoms with Gasteiger partial charge >= 0.3 is 12.3 Å². The predicted molar refractivity (Wildman–Crippen MR) is 96.4 cm³/mol. The van der Waals surface area contributed by atoms with Crippen molar-refractivity contribution < 1.29 is 34.0 Å². The van der Waals surface area contributed by atoms with E-state index in [0.717, 1.165) is 38.5 Å². The molecule has 0 aliphatic heterocycles. The third kappa shape index (κ3) is 5.74. The lowest BCUT2D eigenvalue weighted by molar-refractivity contribution is -0.0884. The van der Waals surface area contributed by atoms with Gasteiger partial charge in [0, 0.05) is 5.92 Å². The van der Waals surface area contributed by atoms with Crippen LogP contribution in [0.2, 0.25) is 0 Å². The zero-order valence-corrected chi connectivity index (χ0v) is 15.9. The lowest BCUT2D eigenvalue weighted by Gasteiger charge is -2.43. The summed E-state index contributed by atoms with van der Waals surface area (Å²) in [6.45, 7) is 0.